The van der Waals surface area contributed by atoms with Gasteiger partial charge in [-0.15, -0.1) is 0 Å². The van der Waals surface area contributed by atoms with Crippen molar-refractivity contribution >= 4 is 5.91 Å². The molecule has 1 aromatic heterocycles. The molecule has 0 N–H and O–H groups in total. The average Bonchev–Trinajstić information content (AvgIpc) is 3.18. The van der Waals surface area contributed by atoms with Crippen molar-refractivity contribution in [1.82, 2.24) is 9.88 Å². The molecule has 1 atom stereocenters. The summed E-state index contributed by atoms with van der Waals surface area (Å²) in [6.07, 6.45) is 0.994. The van der Waals surface area contributed by atoms with E-state index < -0.39 is 0 Å². The van der Waals surface area contributed by atoms with Gasteiger partial charge in [0, 0.05) is 12.1 Å². The van der Waals surface area contributed by atoms with Gasteiger partial charge in [-0.3, -0.25) is 4.79 Å². The number of carbonyl (C=O) groups excluding carboxylic acids is 1. The Labute approximate surface area is 150 Å². The summed E-state index contributed by atoms with van der Waals surface area (Å²) >= 11 is 0. The van der Waals surface area contributed by atoms with Gasteiger partial charge in [-0.05, 0) is 17.7 Å². The minimum absolute atomic E-state index is 0.201. The zero-order chi connectivity index (χ0) is 17.9. The van der Waals surface area contributed by atoms with Crippen LogP contribution in [0.4, 0.5) is 4.39 Å². The standard InChI is InChI=1S/C20H17FN2O3/c21-16-8-6-14(7-9-16)17-12-23(10-11-25-17)20(24)18-19(26-13-22-18)15-4-2-1-3-5-15/h1-9,13,17H,10-12H2/t17-/m1/s1. The van der Waals surface area contributed by atoms with Crippen LogP contribution in [0.1, 0.15) is 22.2 Å². The van der Waals surface area contributed by atoms with Gasteiger partial charge in [0.1, 0.15) is 11.9 Å². The average molecular weight is 352 g/mol. The molecule has 26 heavy (non-hydrogen) atoms. The molecule has 0 unspecified atom stereocenters. The third-order valence-electron chi connectivity index (χ3n) is 4.40. The summed E-state index contributed by atoms with van der Waals surface area (Å²) in [7, 11) is 0. The molecule has 1 fully saturated rings. The van der Waals surface area contributed by atoms with Crippen molar-refractivity contribution in [3.63, 3.8) is 0 Å². The Hall–Kier alpha value is -2.99. The van der Waals surface area contributed by atoms with E-state index in [1.54, 1.807) is 17.0 Å². The van der Waals surface area contributed by atoms with Crippen LogP contribution >= 0.6 is 0 Å². The molecule has 4 rings (SSSR count). The van der Waals surface area contributed by atoms with Crippen molar-refractivity contribution < 1.29 is 18.3 Å². The fourth-order valence-electron chi connectivity index (χ4n) is 3.06. The Morgan fingerprint density at radius 3 is 2.65 bits per heavy atom. The fourth-order valence-corrected chi connectivity index (χ4v) is 3.06. The third kappa shape index (κ3) is 3.23. The minimum atomic E-state index is -0.299. The number of hydrogen-bond acceptors (Lipinski definition) is 4. The molecule has 1 aliphatic rings. The van der Waals surface area contributed by atoms with Crippen LogP contribution in [0, 0.1) is 5.82 Å². The lowest BCUT2D eigenvalue weighted by molar-refractivity contribution is -0.0230. The summed E-state index contributed by atoms with van der Waals surface area (Å²) in [5, 5.41) is 0. The number of ether oxygens (including phenoxy) is 1. The summed E-state index contributed by atoms with van der Waals surface area (Å²) in [6.45, 7) is 1.26. The maximum atomic E-state index is 13.1. The molecule has 0 radical (unpaired) electrons. The summed E-state index contributed by atoms with van der Waals surface area (Å²) in [4.78, 5) is 18.8. The number of oxazole rings is 1. The van der Waals surface area contributed by atoms with Crippen molar-refractivity contribution in [3.05, 3.63) is 78.1 Å². The van der Waals surface area contributed by atoms with Crippen LogP contribution in [0.5, 0.6) is 0 Å². The highest BCUT2D eigenvalue weighted by atomic mass is 19.1. The van der Waals surface area contributed by atoms with Crippen LogP contribution in [0.15, 0.2) is 65.4 Å². The molecule has 5 nitrogen and oxygen atoms in total. The molecule has 0 bridgehead atoms. The van der Waals surface area contributed by atoms with E-state index in [0.717, 1.165) is 11.1 Å². The molecule has 132 valence electrons. The van der Waals surface area contributed by atoms with Crippen molar-refractivity contribution in [2.45, 2.75) is 6.10 Å². The second-order valence-electron chi connectivity index (χ2n) is 6.06. The molecule has 2 aromatic carbocycles. The van der Waals surface area contributed by atoms with E-state index in [2.05, 4.69) is 4.98 Å². The van der Waals surface area contributed by atoms with Gasteiger partial charge >= 0.3 is 0 Å². The van der Waals surface area contributed by atoms with Gasteiger partial charge in [0.15, 0.2) is 17.8 Å². The number of morpholine rings is 1. The highest BCUT2D eigenvalue weighted by Crippen LogP contribution is 2.27. The number of halogens is 1. The number of hydrogen-bond donors (Lipinski definition) is 0. The van der Waals surface area contributed by atoms with Gasteiger partial charge in [0.05, 0.1) is 13.2 Å². The first-order valence-corrected chi connectivity index (χ1v) is 8.37. The van der Waals surface area contributed by atoms with Crippen molar-refractivity contribution in [2.24, 2.45) is 0 Å². The Morgan fingerprint density at radius 1 is 1.12 bits per heavy atom. The quantitative estimate of drug-likeness (QED) is 0.721. The summed E-state index contributed by atoms with van der Waals surface area (Å²) in [5.74, 6) is -0.0407. The first-order chi connectivity index (χ1) is 12.7. The lowest BCUT2D eigenvalue weighted by Gasteiger charge is -2.32. The molecular formula is C20H17FN2O3. The first kappa shape index (κ1) is 16.5. The van der Waals surface area contributed by atoms with Crippen LogP contribution in [-0.2, 0) is 4.74 Å². The van der Waals surface area contributed by atoms with E-state index >= 15 is 0 Å². The van der Waals surface area contributed by atoms with Crippen molar-refractivity contribution in [2.75, 3.05) is 19.7 Å². The maximum Gasteiger partial charge on any atom is 0.276 e. The molecular weight excluding hydrogens is 335 g/mol. The van der Waals surface area contributed by atoms with Gasteiger partial charge in [-0.2, -0.15) is 0 Å². The van der Waals surface area contributed by atoms with Crippen molar-refractivity contribution in [1.29, 1.82) is 0 Å². The molecule has 0 aliphatic carbocycles. The summed E-state index contributed by atoms with van der Waals surface area (Å²) in [5.41, 5.74) is 1.93. The van der Waals surface area contributed by atoms with E-state index in [-0.39, 0.29) is 23.5 Å². The second-order valence-corrected chi connectivity index (χ2v) is 6.06. The molecule has 2 heterocycles. The highest BCUT2D eigenvalue weighted by Gasteiger charge is 2.29. The smallest absolute Gasteiger partial charge is 0.276 e. The van der Waals surface area contributed by atoms with Crippen molar-refractivity contribution in [3.8, 4) is 11.3 Å². The lowest BCUT2D eigenvalue weighted by atomic mass is 10.1. The van der Waals surface area contributed by atoms with Crippen LogP contribution in [0.3, 0.4) is 0 Å². The zero-order valence-corrected chi connectivity index (χ0v) is 14.0. The number of amides is 1. The van der Waals surface area contributed by atoms with Gasteiger partial charge in [-0.1, -0.05) is 42.5 Å². The Balaban J connectivity index is 1.55. The second kappa shape index (κ2) is 7.09. The molecule has 0 spiro atoms. The zero-order valence-electron chi connectivity index (χ0n) is 14.0. The molecule has 3 aromatic rings. The predicted octanol–water partition coefficient (Wildman–Crippen LogP) is 3.69. The molecule has 1 aliphatic heterocycles. The fraction of sp³-hybridized carbons (Fsp3) is 0.200. The Kier molecular flexibility index (Phi) is 4.50. The number of nitrogens with zero attached hydrogens (tertiary/aromatic N) is 2. The monoisotopic (exact) mass is 352 g/mol. The predicted molar refractivity (Wildman–Crippen MR) is 92.9 cm³/mol. The van der Waals surface area contributed by atoms with E-state index in [1.165, 1.54) is 18.5 Å². The highest BCUT2D eigenvalue weighted by molar-refractivity contribution is 5.97. The van der Waals surface area contributed by atoms with E-state index in [9.17, 15) is 9.18 Å². The van der Waals surface area contributed by atoms with Crippen LogP contribution in [0.2, 0.25) is 0 Å². The molecule has 1 saturated heterocycles. The SMILES string of the molecule is O=C(c1ncoc1-c1ccccc1)N1CCO[C@@H](c2ccc(F)cc2)C1. The number of benzene rings is 2. The normalized spacial score (nSPS) is 17.3. The topological polar surface area (TPSA) is 55.6 Å². The maximum absolute atomic E-state index is 13.1. The van der Waals surface area contributed by atoms with Gasteiger partial charge in [0.2, 0.25) is 0 Å². The third-order valence-corrected chi connectivity index (χ3v) is 4.40. The number of aromatic nitrogens is 1. The summed E-state index contributed by atoms with van der Waals surface area (Å²) in [6, 6.07) is 15.6. The van der Waals surface area contributed by atoms with Gasteiger partial charge in [0.25, 0.3) is 5.91 Å². The van der Waals surface area contributed by atoms with Crippen LogP contribution in [0.25, 0.3) is 11.3 Å². The van der Waals surface area contributed by atoms with E-state index in [4.69, 9.17) is 9.15 Å². The molecule has 0 saturated carbocycles. The van der Waals surface area contributed by atoms with E-state index in [1.807, 2.05) is 30.3 Å². The van der Waals surface area contributed by atoms with E-state index in [0.29, 0.717) is 25.5 Å². The lowest BCUT2D eigenvalue weighted by Crippen LogP contribution is -2.42. The van der Waals surface area contributed by atoms with Gasteiger partial charge in [-0.25, -0.2) is 9.37 Å². The number of carbonyl (C=O) groups is 1. The Bertz CT molecular complexity index is 893. The van der Waals surface area contributed by atoms with Crippen LogP contribution in [-0.4, -0.2) is 35.5 Å². The van der Waals surface area contributed by atoms with Gasteiger partial charge < -0.3 is 14.1 Å². The Morgan fingerprint density at radius 2 is 1.88 bits per heavy atom. The summed E-state index contributed by atoms with van der Waals surface area (Å²) < 4.78 is 24.3. The molecule has 1 amide bonds. The minimum Gasteiger partial charge on any atom is -0.443 e. The first-order valence-electron chi connectivity index (χ1n) is 8.37. The number of rotatable bonds is 3. The molecule has 6 heteroatoms. The van der Waals surface area contributed by atoms with Crippen LogP contribution < -0.4 is 0 Å². The largest absolute Gasteiger partial charge is 0.443 e.